The van der Waals surface area contributed by atoms with Gasteiger partial charge in [0.25, 0.3) is 0 Å². The van der Waals surface area contributed by atoms with Gasteiger partial charge in [-0.1, -0.05) is 30.3 Å². The van der Waals surface area contributed by atoms with E-state index < -0.39 is 33.5 Å². The minimum absolute atomic E-state index is 0.0935. The molecule has 0 aliphatic carbocycles. The zero-order valence-corrected chi connectivity index (χ0v) is 15.2. The molecule has 0 saturated carbocycles. The summed E-state index contributed by atoms with van der Waals surface area (Å²) in [6.45, 7) is 0.279. The number of hydrogen-bond donors (Lipinski definition) is 0. The second-order valence-corrected chi connectivity index (χ2v) is 8.56. The fraction of sp³-hybridized carbons (Fsp3) is 0.250. The van der Waals surface area contributed by atoms with Crippen molar-refractivity contribution in [1.29, 1.82) is 0 Å². The Morgan fingerprint density at radius 2 is 1.88 bits per heavy atom. The van der Waals surface area contributed by atoms with Crippen molar-refractivity contribution in [3.05, 3.63) is 52.6 Å². The third-order valence-electron chi connectivity index (χ3n) is 3.51. The van der Waals surface area contributed by atoms with Crippen LogP contribution in [0.3, 0.4) is 0 Å². The van der Waals surface area contributed by atoms with Crippen molar-refractivity contribution in [3.63, 3.8) is 0 Å². The average Bonchev–Trinajstić information content (AvgIpc) is 3.13. The number of thiazole rings is 1. The molecule has 5 nitrogen and oxygen atoms in total. The minimum Gasteiger partial charge on any atom is -0.306 e. The molecule has 138 valence electrons. The van der Waals surface area contributed by atoms with E-state index in [1.807, 2.05) is 0 Å². The van der Waals surface area contributed by atoms with Gasteiger partial charge in [-0.25, -0.2) is 18.4 Å². The third-order valence-corrected chi connectivity index (χ3v) is 5.89. The van der Waals surface area contributed by atoms with Crippen LogP contribution in [0, 0.1) is 6.92 Å². The lowest BCUT2D eigenvalue weighted by molar-refractivity contribution is -0.141. The molecule has 1 aromatic carbocycles. The van der Waals surface area contributed by atoms with Gasteiger partial charge in [0.1, 0.15) is 12.3 Å². The van der Waals surface area contributed by atoms with Crippen LogP contribution in [-0.2, 0) is 22.1 Å². The second-order valence-electron chi connectivity index (χ2n) is 5.61. The highest BCUT2D eigenvalue weighted by Gasteiger charge is 2.34. The van der Waals surface area contributed by atoms with Crippen LogP contribution >= 0.6 is 11.3 Å². The monoisotopic (exact) mass is 401 g/mol. The predicted molar refractivity (Wildman–Crippen MR) is 91.5 cm³/mol. The van der Waals surface area contributed by atoms with Gasteiger partial charge in [-0.05, 0) is 12.5 Å². The standard InChI is InChI=1S/C16H14F3N3O2S2/c1-11-21-13(8-25-11)9-26(23,24)15-20-7-14(12-5-3-2-4-6-12)22(15)10-16(17,18)19/h2-8H,9-10H2,1H3. The van der Waals surface area contributed by atoms with Crippen molar-refractivity contribution >= 4 is 21.2 Å². The summed E-state index contributed by atoms with van der Waals surface area (Å²) in [6.07, 6.45) is -3.44. The van der Waals surface area contributed by atoms with E-state index in [2.05, 4.69) is 9.97 Å². The van der Waals surface area contributed by atoms with E-state index in [0.29, 0.717) is 15.1 Å². The zero-order valence-electron chi connectivity index (χ0n) is 13.6. The zero-order chi connectivity index (χ0) is 18.9. The minimum atomic E-state index is -4.59. The Balaban J connectivity index is 2.07. The fourth-order valence-corrected chi connectivity index (χ4v) is 4.61. The summed E-state index contributed by atoms with van der Waals surface area (Å²) >= 11 is 1.27. The lowest BCUT2D eigenvalue weighted by atomic mass is 10.2. The van der Waals surface area contributed by atoms with Crippen LogP contribution in [0.1, 0.15) is 10.7 Å². The lowest BCUT2D eigenvalue weighted by Crippen LogP contribution is -2.22. The number of rotatable bonds is 5. The lowest BCUT2D eigenvalue weighted by Gasteiger charge is -2.14. The van der Waals surface area contributed by atoms with Crippen molar-refractivity contribution in [1.82, 2.24) is 14.5 Å². The first-order valence-corrected chi connectivity index (χ1v) is 10.0. The number of hydrogen-bond acceptors (Lipinski definition) is 5. The molecule has 0 bridgehead atoms. The average molecular weight is 401 g/mol. The molecule has 0 fully saturated rings. The summed E-state index contributed by atoms with van der Waals surface area (Å²) in [4.78, 5) is 7.87. The normalized spacial score (nSPS) is 12.5. The van der Waals surface area contributed by atoms with Crippen LogP contribution < -0.4 is 0 Å². The first-order valence-electron chi connectivity index (χ1n) is 7.47. The Morgan fingerprint density at radius 1 is 1.19 bits per heavy atom. The van der Waals surface area contributed by atoms with Gasteiger partial charge >= 0.3 is 6.18 Å². The van der Waals surface area contributed by atoms with E-state index in [9.17, 15) is 21.6 Å². The van der Waals surface area contributed by atoms with E-state index >= 15 is 0 Å². The molecular formula is C16H14F3N3O2S2. The maximum Gasteiger partial charge on any atom is 0.406 e. The molecule has 0 aliphatic rings. The van der Waals surface area contributed by atoms with Gasteiger partial charge in [-0.3, -0.25) is 0 Å². The van der Waals surface area contributed by atoms with Crippen LogP contribution in [-0.4, -0.2) is 29.1 Å². The largest absolute Gasteiger partial charge is 0.406 e. The van der Waals surface area contributed by atoms with Crippen molar-refractivity contribution in [2.24, 2.45) is 0 Å². The molecule has 0 spiro atoms. The summed E-state index contributed by atoms with van der Waals surface area (Å²) in [7, 11) is -4.09. The quantitative estimate of drug-likeness (QED) is 0.651. The van der Waals surface area contributed by atoms with Crippen molar-refractivity contribution in [2.75, 3.05) is 0 Å². The Labute approximate surface area is 152 Å². The Bertz CT molecular complexity index is 1010. The molecule has 0 saturated heterocycles. The number of aromatic nitrogens is 3. The number of aryl methyl sites for hydroxylation is 1. The van der Waals surface area contributed by atoms with Crippen LogP contribution in [0.2, 0.25) is 0 Å². The fourth-order valence-electron chi connectivity index (χ4n) is 2.51. The summed E-state index contributed by atoms with van der Waals surface area (Å²) in [5.74, 6) is -0.500. The first-order chi connectivity index (χ1) is 12.2. The maximum absolute atomic E-state index is 13.1. The molecule has 26 heavy (non-hydrogen) atoms. The Kier molecular flexibility index (Phi) is 4.89. The van der Waals surface area contributed by atoms with Gasteiger partial charge in [0, 0.05) is 5.38 Å². The molecule has 0 unspecified atom stereocenters. The topological polar surface area (TPSA) is 64.8 Å². The molecule has 3 rings (SSSR count). The summed E-state index contributed by atoms with van der Waals surface area (Å²) < 4.78 is 65.2. The van der Waals surface area contributed by atoms with Gasteiger partial charge in [-0.2, -0.15) is 13.2 Å². The summed E-state index contributed by atoms with van der Waals surface area (Å²) in [6, 6.07) is 8.24. The Morgan fingerprint density at radius 3 is 2.46 bits per heavy atom. The molecular weight excluding hydrogens is 387 g/mol. The second kappa shape index (κ2) is 6.84. The van der Waals surface area contributed by atoms with Crippen molar-refractivity contribution < 1.29 is 21.6 Å². The Hall–Kier alpha value is -2.20. The van der Waals surface area contributed by atoms with Gasteiger partial charge in [0.2, 0.25) is 15.0 Å². The SMILES string of the molecule is Cc1nc(CS(=O)(=O)c2ncc(-c3ccccc3)n2CC(F)(F)F)cs1. The van der Waals surface area contributed by atoms with Crippen LogP contribution in [0.5, 0.6) is 0 Å². The van der Waals surface area contributed by atoms with Gasteiger partial charge in [0.05, 0.1) is 22.6 Å². The van der Waals surface area contributed by atoms with Crippen molar-refractivity contribution in [2.45, 2.75) is 30.6 Å². The van der Waals surface area contributed by atoms with E-state index in [-0.39, 0.29) is 11.4 Å². The summed E-state index contributed by atoms with van der Waals surface area (Å²) in [5, 5.41) is 1.64. The molecule has 0 amide bonds. The van der Waals surface area contributed by atoms with Gasteiger partial charge in [0.15, 0.2) is 0 Å². The number of imidazole rings is 1. The van der Waals surface area contributed by atoms with Crippen LogP contribution in [0.25, 0.3) is 11.3 Å². The molecule has 0 aliphatic heterocycles. The number of halogens is 3. The molecule has 0 atom stereocenters. The van der Waals surface area contributed by atoms with Crippen LogP contribution in [0.4, 0.5) is 13.2 Å². The van der Waals surface area contributed by atoms with E-state index in [4.69, 9.17) is 0 Å². The number of benzene rings is 1. The first kappa shape index (κ1) is 18.6. The molecule has 3 aromatic rings. The number of alkyl halides is 3. The number of sulfone groups is 1. The third kappa shape index (κ3) is 4.13. The maximum atomic E-state index is 13.1. The summed E-state index contributed by atoms with van der Waals surface area (Å²) in [5.41, 5.74) is 0.835. The van der Waals surface area contributed by atoms with E-state index in [0.717, 1.165) is 6.20 Å². The van der Waals surface area contributed by atoms with Crippen LogP contribution in [0.15, 0.2) is 47.1 Å². The van der Waals surface area contributed by atoms with Crippen molar-refractivity contribution in [3.8, 4) is 11.3 Å². The van der Waals surface area contributed by atoms with Gasteiger partial charge in [-0.15, -0.1) is 11.3 Å². The van der Waals surface area contributed by atoms with Gasteiger partial charge < -0.3 is 4.57 Å². The highest BCUT2D eigenvalue weighted by molar-refractivity contribution is 7.90. The van der Waals surface area contributed by atoms with E-state index in [1.165, 1.54) is 11.3 Å². The molecule has 0 radical (unpaired) electrons. The molecule has 0 N–H and O–H groups in total. The number of nitrogens with zero attached hydrogens (tertiary/aromatic N) is 3. The predicted octanol–water partition coefficient (Wildman–Crippen LogP) is 3.85. The molecule has 2 heterocycles. The molecule has 2 aromatic heterocycles. The van der Waals surface area contributed by atoms with E-state index in [1.54, 1.807) is 42.6 Å². The highest BCUT2D eigenvalue weighted by Crippen LogP contribution is 2.29. The molecule has 10 heteroatoms. The smallest absolute Gasteiger partial charge is 0.306 e. The highest BCUT2D eigenvalue weighted by atomic mass is 32.2.